The molecule has 2 fully saturated rings. The molecule has 0 spiro atoms. The summed E-state index contributed by atoms with van der Waals surface area (Å²) in [4.78, 5) is 32.3. The zero-order valence-electron chi connectivity index (χ0n) is 20.3. The van der Waals surface area contributed by atoms with Gasteiger partial charge < -0.3 is 10.8 Å². The maximum Gasteiger partial charge on any atom is 0.258 e. The van der Waals surface area contributed by atoms with Gasteiger partial charge in [0.1, 0.15) is 22.9 Å². The van der Waals surface area contributed by atoms with Gasteiger partial charge in [-0.25, -0.2) is 19.9 Å². The van der Waals surface area contributed by atoms with Gasteiger partial charge in [-0.3, -0.25) is 19.4 Å². The van der Waals surface area contributed by atoms with Crippen molar-refractivity contribution in [1.82, 2.24) is 29.2 Å². The molecule has 1 amide bonds. The number of nitrogens with two attached hydrogens (primary N) is 1. The Morgan fingerprint density at radius 3 is 2.59 bits per heavy atom. The van der Waals surface area contributed by atoms with E-state index in [0.29, 0.717) is 22.6 Å². The highest BCUT2D eigenvalue weighted by atomic mass is 16.3. The first-order chi connectivity index (χ1) is 18.0. The molecule has 1 unspecified atom stereocenters. The third kappa shape index (κ3) is 3.71. The number of anilines is 2. The van der Waals surface area contributed by atoms with Crippen LogP contribution in [-0.4, -0.2) is 52.5 Å². The zero-order valence-corrected chi connectivity index (χ0v) is 20.3. The molecule has 10 heteroatoms. The van der Waals surface area contributed by atoms with Crippen LogP contribution in [-0.2, 0) is 5.54 Å². The number of imidazole rings is 1. The monoisotopic (exact) mass is 494 g/mol. The summed E-state index contributed by atoms with van der Waals surface area (Å²) in [6.45, 7) is 1.74. The highest BCUT2D eigenvalue weighted by Crippen LogP contribution is 2.53. The van der Waals surface area contributed by atoms with Crippen LogP contribution in [0.3, 0.4) is 0 Å². The number of aliphatic hydroxyl groups is 1. The molecule has 6 rings (SSSR count). The van der Waals surface area contributed by atoms with Crippen molar-refractivity contribution in [2.75, 3.05) is 11.1 Å². The summed E-state index contributed by atoms with van der Waals surface area (Å²) in [5, 5.41) is 13.6. The number of carbonyl (C=O) groups is 1. The summed E-state index contributed by atoms with van der Waals surface area (Å²) in [5.41, 5.74) is 8.58. The van der Waals surface area contributed by atoms with Crippen LogP contribution in [0.25, 0.3) is 16.8 Å². The van der Waals surface area contributed by atoms with Gasteiger partial charge in [0.2, 0.25) is 5.95 Å². The van der Waals surface area contributed by atoms with Crippen molar-refractivity contribution in [1.29, 1.82) is 0 Å². The number of aliphatic hydroxyl groups excluding tert-OH is 1. The van der Waals surface area contributed by atoms with E-state index in [4.69, 9.17) is 10.7 Å². The molecular weight excluding hydrogens is 468 g/mol. The number of nitrogens with zero attached hydrogens (tertiary/aromatic N) is 6. The second-order valence-electron chi connectivity index (χ2n) is 9.36. The van der Waals surface area contributed by atoms with E-state index in [1.165, 1.54) is 0 Å². The van der Waals surface area contributed by atoms with Crippen molar-refractivity contribution >= 4 is 23.2 Å². The molecule has 2 saturated heterocycles. The number of nitrogen functional groups attached to an aromatic ring is 1. The Hall–Kier alpha value is -4.33. The quantitative estimate of drug-likeness (QED) is 0.361. The number of fused-ring (bicyclic) bond motifs is 3. The van der Waals surface area contributed by atoms with E-state index in [9.17, 15) is 9.90 Å². The van der Waals surface area contributed by atoms with Crippen LogP contribution >= 0.6 is 0 Å². The third-order valence-electron chi connectivity index (χ3n) is 7.42. The summed E-state index contributed by atoms with van der Waals surface area (Å²) in [7, 11) is 0. The van der Waals surface area contributed by atoms with Gasteiger partial charge in [-0.15, -0.1) is 5.92 Å². The van der Waals surface area contributed by atoms with Crippen molar-refractivity contribution < 1.29 is 9.90 Å². The van der Waals surface area contributed by atoms with E-state index in [2.05, 4.69) is 37.0 Å². The van der Waals surface area contributed by atoms with Crippen LogP contribution in [0, 0.1) is 11.8 Å². The summed E-state index contributed by atoms with van der Waals surface area (Å²) >= 11 is 0. The number of hydrogen-bond donors (Lipinski definition) is 3. The van der Waals surface area contributed by atoms with E-state index >= 15 is 0 Å². The van der Waals surface area contributed by atoms with Crippen molar-refractivity contribution in [3.8, 4) is 23.1 Å². The van der Waals surface area contributed by atoms with Crippen LogP contribution < -0.4 is 11.1 Å². The van der Waals surface area contributed by atoms with Crippen LogP contribution in [0.1, 0.15) is 48.8 Å². The second-order valence-corrected chi connectivity index (χ2v) is 9.36. The number of carbonyl (C=O) groups excluding carboxylic acids is 1. The van der Waals surface area contributed by atoms with Gasteiger partial charge in [0.15, 0.2) is 6.23 Å². The van der Waals surface area contributed by atoms with Gasteiger partial charge in [-0.05, 0) is 50.8 Å². The molecule has 1 aromatic carbocycles. The molecule has 0 aliphatic carbocycles. The number of nitrogens with one attached hydrogen (secondary N) is 1. The fourth-order valence-electron chi connectivity index (χ4n) is 5.85. The van der Waals surface area contributed by atoms with Crippen LogP contribution in [0.15, 0.2) is 55.1 Å². The van der Waals surface area contributed by atoms with Gasteiger partial charge in [-0.1, -0.05) is 18.1 Å². The summed E-state index contributed by atoms with van der Waals surface area (Å²) in [6.07, 6.45) is 9.51. The lowest BCUT2D eigenvalue weighted by Gasteiger charge is -2.35. The molecule has 37 heavy (non-hydrogen) atoms. The lowest BCUT2D eigenvalue weighted by molar-refractivity contribution is -0.0108. The summed E-state index contributed by atoms with van der Waals surface area (Å²) in [6, 6.07) is 9.10. The Labute approximate surface area is 213 Å². The second kappa shape index (κ2) is 8.96. The molecule has 0 saturated carbocycles. The fourth-order valence-corrected chi connectivity index (χ4v) is 5.85. The first-order valence-electron chi connectivity index (χ1n) is 12.2. The first-order valence-corrected chi connectivity index (χ1v) is 12.2. The summed E-state index contributed by atoms with van der Waals surface area (Å²) in [5.74, 6) is 6.90. The van der Waals surface area contributed by atoms with E-state index in [1.54, 1.807) is 43.7 Å². The van der Waals surface area contributed by atoms with Gasteiger partial charge in [0.05, 0.1) is 5.54 Å². The Balaban J connectivity index is 1.40. The minimum Gasteiger partial charge on any atom is -0.382 e. The normalized spacial score (nSPS) is 21.5. The number of hydrogen-bond acceptors (Lipinski definition) is 8. The maximum absolute atomic E-state index is 12.7. The van der Waals surface area contributed by atoms with Crippen LogP contribution in [0.5, 0.6) is 0 Å². The van der Waals surface area contributed by atoms with Crippen molar-refractivity contribution in [3.05, 3.63) is 66.5 Å². The molecule has 2 aliphatic heterocycles. The van der Waals surface area contributed by atoms with Gasteiger partial charge >= 0.3 is 0 Å². The van der Waals surface area contributed by atoms with E-state index in [1.807, 2.05) is 22.7 Å². The predicted octanol–water partition coefficient (Wildman–Crippen LogP) is 2.82. The van der Waals surface area contributed by atoms with E-state index in [0.717, 1.165) is 37.1 Å². The Bertz CT molecular complexity index is 1530. The van der Waals surface area contributed by atoms with Crippen molar-refractivity contribution in [3.63, 3.8) is 0 Å². The minimum atomic E-state index is -0.860. The van der Waals surface area contributed by atoms with Crippen molar-refractivity contribution in [2.45, 2.75) is 50.4 Å². The standard InChI is InChI=1S/C27H26N8O2/c1-2-4-20(36)35-19-9-11-27(35,12-10-19)25-32-21(22-23(28)29-15-16-34(22)25)17-5-7-18(8-6-17)24(37)33-26-30-13-3-14-31-26/h3,5-8,13-16,19-20,36H,9-12H2,1H3,(H2,28,29)(H,30,31,33,37). The molecule has 3 aromatic heterocycles. The average Bonchev–Trinajstić information content (AvgIpc) is 3.60. The maximum atomic E-state index is 12.7. The number of rotatable bonds is 5. The minimum absolute atomic E-state index is 0.241. The molecule has 2 bridgehead atoms. The molecule has 186 valence electrons. The number of benzene rings is 1. The molecule has 1 atom stereocenters. The van der Waals surface area contributed by atoms with Gasteiger partial charge in [-0.2, -0.15) is 0 Å². The van der Waals surface area contributed by atoms with E-state index < -0.39 is 11.8 Å². The molecule has 0 radical (unpaired) electrons. The average molecular weight is 495 g/mol. The Morgan fingerprint density at radius 1 is 1.16 bits per heavy atom. The van der Waals surface area contributed by atoms with Gasteiger partial charge in [0, 0.05) is 42.0 Å². The largest absolute Gasteiger partial charge is 0.382 e. The van der Waals surface area contributed by atoms with Gasteiger partial charge in [0.25, 0.3) is 5.91 Å². The summed E-state index contributed by atoms with van der Waals surface area (Å²) < 4.78 is 2.00. The zero-order chi connectivity index (χ0) is 25.6. The lowest BCUT2D eigenvalue weighted by atomic mass is 9.87. The topological polar surface area (TPSA) is 135 Å². The molecule has 4 N–H and O–H groups in total. The number of amides is 1. The fraction of sp³-hybridized carbons (Fsp3) is 0.296. The third-order valence-corrected chi connectivity index (χ3v) is 7.42. The first kappa shape index (κ1) is 23.1. The molecule has 5 heterocycles. The highest BCUT2D eigenvalue weighted by molar-refractivity contribution is 6.03. The smallest absolute Gasteiger partial charge is 0.258 e. The highest BCUT2D eigenvalue weighted by Gasteiger charge is 2.57. The van der Waals surface area contributed by atoms with E-state index in [-0.39, 0.29) is 17.9 Å². The molecule has 10 nitrogen and oxygen atoms in total. The van der Waals surface area contributed by atoms with Crippen molar-refractivity contribution in [2.24, 2.45) is 0 Å². The van der Waals surface area contributed by atoms with Crippen LogP contribution in [0.4, 0.5) is 11.8 Å². The Morgan fingerprint density at radius 2 is 1.89 bits per heavy atom. The Kier molecular flexibility index (Phi) is 5.59. The predicted molar refractivity (Wildman–Crippen MR) is 138 cm³/mol. The van der Waals surface area contributed by atoms with Crippen LogP contribution in [0.2, 0.25) is 0 Å². The molecule has 2 aliphatic rings. The SMILES string of the molecule is CC#CC(O)N1C2CCC1(c1nc(-c3ccc(C(=O)Nc4ncccn4)cc3)c3c(N)nccn13)CC2. The molecule has 4 aromatic rings. The molecular formula is C27H26N8O2. The number of aromatic nitrogens is 5. The lowest BCUT2D eigenvalue weighted by Crippen LogP contribution is -2.46.